The van der Waals surface area contributed by atoms with Crippen LogP contribution in [-0.4, -0.2) is 38.1 Å². The SMILES string of the molecule is CCN(C)CC(C)CNCC(C)C. The summed E-state index contributed by atoms with van der Waals surface area (Å²) >= 11 is 0. The molecule has 0 amide bonds. The monoisotopic (exact) mass is 186 g/mol. The smallest absolute Gasteiger partial charge is 0.00160 e. The number of nitrogens with one attached hydrogen (secondary N) is 1. The van der Waals surface area contributed by atoms with Crippen LogP contribution < -0.4 is 5.32 Å². The fourth-order valence-electron chi connectivity index (χ4n) is 1.34. The fourth-order valence-corrected chi connectivity index (χ4v) is 1.34. The summed E-state index contributed by atoms with van der Waals surface area (Å²) in [6.45, 7) is 13.6. The third kappa shape index (κ3) is 8.26. The standard InChI is InChI=1S/C11H26N2/c1-6-13(5)9-11(4)8-12-7-10(2)3/h10-12H,6-9H2,1-5H3. The molecule has 13 heavy (non-hydrogen) atoms. The first-order chi connectivity index (χ1) is 6.06. The van der Waals surface area contributed by atoms with Crippen molar-refractivity contribution in [1.29, 1.82) is 0 Å². The minimum absolute atomic E-state index is 0.753. The van der Waals surface area contributed by atoms with E-state index in [4.69, 9.17) is 0 Å². The highest BCUT2D eigenvalue weighted by molar-refractivity contribution is 4.61. The summed E-state index contributed by atoms with van der Waals surface area (Å²) in [6, 6.07) is 0. The maximum atomic E-state index is 3.49. The van der Waals surface area contributed by atoms with Crippen LogP contribution in [0.4, 0.5) is 0 Å². The number of rotatable bonds is 7. The molecule has 0 saturated heterocycles. The van der Waals surface area contributed by atoms with Crippen LogP contribution in [0.3, 0.4) is 0 Å². The Hall–Kier alpha value is -0.0800. The minimum Gasteiger partial charge on any atom is -0.316 e. The quantitative estimate of drug-likeness (QED) is 0.652. The average molecular weight is 186 g/mol. The lowest BCUT2D eigenvalue weighted by Gasteiger charge is -2.20. The van der Waals surface area contributed by atoms with E-state index >= 15 is 0 Å². The van der Waals surface area contributed by atoms with Crippen LogP contribution in [0.2, 0.25) is 0 Å². The molecule has 0 aromatic rings. The molecule has 2 nitrogen and oxygen atoms in total. The van der Waals surface area contributed by atoms with E-state index in [0.29, 0.717) is 0 Å². The largest absolute Gasteiger partial charge is 0.316 e. The van der Waals surface area contributed by atoms with Crippen LogP contribution >= 0.6 is 0 Å². The van der Waals surface area contributed by atoms with E-state index in [-0.39, 0.29) is 0 Å². The van der Waals surface area contributed by atoms with Crippen molar-refractivity contribution in [3.8, 4) is 0 Å². The molecule has 0 bridgehead atoms. The van der Waals surface area contributed by atoms with Gasteiger partial charge in [-0.2, -0.15) is 0 Å². The van der Waals surface area contributed by atoms with E-state index in [1.165, 1.54) is 6.54 Å². The van der Waals surface area contributed by atoms with Gasteiger partial charge in [0.25, 0.3) is 0 Å². The van der Waals surface area contributed by atoms with Gasteiger partial charge in [0.2, 0.25) is 0 Å². The van der Waals surface area contributed by atoms with Gasteiger partial charge in [0.05, 0.1) is 0 Å². The van der Waals surface area contributed by atoms with Crippen molar-refractivity contribution in [1.82, 2.24) is 10.2 Å². The van der Waals surface area contributed by atoms with Crippen molar-refractivity contribution in [2.75, 3.05) is 33.2 Å². The summed E-state index contributed by atoms with van der Waals surface area (Å²) < 4.78 is 0. The van der Waals surface area contributed by atoms with Gasteiger partial charge in [-0.3, -0.25) is 0 Å². The van der Waals surface area contributed by atoms with Crippen LogP contribution in [0.1, 0.15) is 27.7 Å². The highest BCUT2D eigenvalue weighted by atomic mass is 15.1. The Labute approximate surface area is 83.7 Å². The van der Waals surface area contributed by atoms with E-state index < -0.39 is 0 Å². The average Bonchev–Trinajstić information content (AvgIpc) is 2.03. The van der Waals surface area contributed by atoms with Crippen molar-refractivity contribution < 1.29 is 0 Å². The lowest BCUT2D eigenvalue weighted by Crippen LogP contribution is -2.32. The second-order valence-electron chi connectivity index (χ2n) is 4.51. The van der Waals surface area contributed by atoms with E-state index in [2.05, 4.69) is 45.0 Å². The number of hydrogen-bond donors (Lipinski definition) is 1. The second kappa shape index (κ2) is 7.34. The molecule has 1 unspecified atom stereocenters. The van der Waals surface area contributed by atoms with E-state index in [0.717, 1.165) is 31.5 Å². The summed E-state index contributed by atoms with van der Waals surface area (Å²) in [5.74, 6) is 1.51. The molecule has 0 rings (SSSR count). The van der Waals surface area contributed by atoms with Crippen molar-refractivity contribution >= 4 is 0 Å². The third-order valence-corrected chi connectivity index (χ3v) is 2.21. The highest BCUT2D eigenvalue weighted by Gasteiger charge is 2.04. The summed E-state index contributed by atoms with van der Waals surface area (Å²) in [5.41, 5.74) is 0. The Morgan fingerprint density at radius 1 is 1.15 bits per heavy atom. The number of nitrogens with zero attached hydrogens (tertiary/aromatic N) is 1. The summed E-state index contributed by atoms with van der Waals surface area (Å²) in [6.07, 6.45) is 0. The van der Waals surface area contributed by atoms with Crippen molar-refractivity contribution in [2.24, 2.45) is 11.8 Å². The van der Waals surface area contributed by atoms with Crippen LogP contribution in [0.15, 0.2) is 0 Å². The Morgan fingerprint density at radius 2 is 1.77 bits per heavy atom. The first kappa shape index (κ1) is 12.9. The predicted molar refractivity (Wildman–Crippen MR) is 60.0 cm³/mol. The van der Waals surface area contributed by atoms with Crippen molar-refractivity contribution in [2.45, 2.75) is 27.7 Å². The van der Waals surface area contributed by atoms with Crippen LogP contribution in [-0.2, 0) is 0 Å². The van der Waals surface area contributed by atoms with Gasteiger partial charge in [-0.25, -0.2) is 0 Å². The van der Waals surface area contributed by atoms with Gasteiger partial charge < -0.3 is 10.2 Å². The molecule has 0 radical (unpaired) electrons. The fraction of sp³-hybridized carbons (Fsp3) is 1.00. The van der Waals surface area contributed by atoms with Gasteiger partial charge in [-0.15, -0.1) is 0 Å². The Balaban J connectivity index is 3.34. The lowest BCUT2D eigenvalue weighted by atomic mass is 10.1. The maximum absolute atomic E-state index is 3.49. The molecule has 0 fully saturated rings. The van der Waals surface area contributed by atoms with Crippen LogP contribution in [0.25, 0.3) is 0 Å². The summed E-state index contributed by atoms with van der Waals surface area (Å²) in [5, 5.41) is 3.49. The van der Waals surface area contributed by atoms with Crippen molar-refractivity contribution in [3.05, 3.63) is 0 Å². The zero-order valence-electron chi connectivity index (χ0n) is 9.93. The molecule has 0 saturated carbocycles. The lowest BCUT2D eigenvalue weighted by molar-refractivity contribution is 0.291. The number of hydrogen-bond acceptors (Lipinski definition) is 2. The zero-order valence-corrected chi connectivity index (χ0v) is 9.93. The van der Waals surface area contributed by atoms with Gasteiger partial charge in [0, 0.05) is 6.54 Å². The second-order valence-corrected chi connectivity index (χ2v) is 4.51. The predicted octanol–water partition coefficient (Wildman–Crippen LogP) is 1.82. The van der Waals surface area contributed by atoms with E-state index in [9.17, 15) is 0 Å². The summed E-state index contributed by atoms with van der Waals surface area (Å²) in [4.78, 5) is 2.36. The first-order valence-electron chi connectivity index (χ1n) is 5.45. The molecule has 1 atom stereocenters. The molecule has 0 aromatic heterocycles. The Bertz CT molecular complexity index is 113. The molecule has 0 spiro atoms. The molecular weight excluding hydrogens is 160 g/mol. The molecule has 1 N–H and O–H groups in total. The van der Waals surface area contributed by atoms with Gasteiger partial charge in [-0.1, -0.05) is 27.7 Å². The molecule has 0 aromatic carbocycles. The normalized spacial score (nSPS) is 14.1. The first-order valence-corrected chi connectivity index (χ1v) is 5.45. The molecule has 0 aliphatic carbocycles. The van der Waals surface area contributed by atoms with Gasteiger partial charge in [-0.05, 0) is 38.5 Å². The zero-order chi connectivity index (χ0) is 10.3. The molecule has 0 aliphatic rings. The van der Waals surface area contributed by atoms with Gasteiger partial charge in [0.1, 0.15) is 0 Å². The van der Waals surface area contributed by atoms with E-state index in [1.54, 1.807) is 0 Å². The molecule has 0 heterocycles. The van der Waals surface area contributed by atoms with Gasteiger partial charge >= 0.3 is 0 Å². The third-order valence-electron chi connectivity index (χ3n) is 2.21. The topological polar surface area (TPSA) is 15.3 Å². The van der Waals surface area contributed by atoms with Gasteiger partial charge in [0.15, 0.2) is 0 Å². The Kier molecular flexibility index (Phi) is 7.29. The molecule has 0 aliphatic heterocycles. The molecule has 2 heteroatoms. The Morgan fingerprint density at radius 3 is 2.23 bits per heavy atom. The minimum atomic E-state index is 0.753. The van der Waals surface area contributed by atoms with E-state index in [1.807, 2.05) is 0 Å². The highest BCUT2D eigenvalue weighted by Crippen LogP contribution is 1.96. The van der Waals surface area contributed by atoms with Crippen LogP contribution in [0.5, 0.6) is 0 Å². The van der Waals surface area contributed by atoms with Crippen molar-refractivity contribution in [3.63, 3.8) is 0 Å². The maximum Gasteiger partial charge on any atom is 0.00160 e. The molecular formula is C11H26N2. The summed E-state index contributed by atoms with van der Waals surface area (Å²) in [7, 11) is 2.18. The molecule has 80 valence electrons. The van der Waals surface area contributed by atoms with Crippen LogP contribution in [0, 0.1) is 11.8 Å².